The van der Waals surface area contributed by atoms with Crippen molar-refractivity contribution < 1.29 is 22.7 Å². The van der Waals surface area contributed by atoms with Crippen molar-refractivity contribution in [3.63, 3.8) is 0 Å². The summed E-state index contributed by atoms with van der Waals surface area (Å²) in [5.74, 6) is 0.942. The van der Waals surface area contributed by atoms with Crippen molar-refractivity contribution in [2.24, 2.45) is 0 Å². The van der Waals surface area contributed by atoms with Crippen LogP contribution in [0.3, 0.4) is 0 Å². The summed E-state index contributed by atoms with van der Waals surface area (Å²) in [6.45, 7) is 6.19. The van der Waals surface area contributed by atoms with Gasteiger partial charge in [0.25, 0.3) is 0 Å². The fourth-order valence-electron chi connectivity index (χ4n) is 4.61. The summed E-state index contributed by atoms with van der Waals surface area (Å²) in [4.78, 5) is 26.7. The molecule has 12 heteroatoms. The molecule has 208 valence electrons. The van der Waals surface area contributed by atoms with Crippen LogP contribution in [0.4, 0.5) is 29.3 Å². The largest absolute Gasteiger partial charge is 0.438 e. The third kappa shape index (κ3) is 6.57. The number of nitrogens with zero attached hydrogens (tertiary/aromatic N) is 4. The summed E-state index contributed by atoms with van der Waals surface area (Å²) in [6, 6.07) is 15.2. The molecule has 3 N–H and O–H groups in total. The zero-order valence-electron chi connectivity index (χ0n) is 21.9. The average molecular weight is 552 g/mol. The maximum Gasteiger partial charge on any atom is 0.433 e. The number of piperazine rings is 1. The number of carbonyl (C=O) groups is 1. The molecule has 3 heterocycles. The van der Waals surface area contributed by atoms with Crippen LogP contribution in [-0.2, 0) is 12.7 Å². The lowest BCUT2D eigenvalue weighted by Gasteiger charge is -2.37. The number of hydrogen-bond donors (Lipinski definition) is 3. The second-order valence-electron chi connectivity index (χ2n) is 9.74. The second-order valence-corrected chi connectivity index (χ2v) is 9.74. The first-order valence-corrected chi connectivity index (χ1v) is 12.7. The summed E-state index contributed by atoms with van der Waals surface area (Å²) in [5, 5.41) is 9.58. The molecule has 2 amide bonds. The molecule has 0 spiro atoms. The van der Waals surface area contributed by atoms with E-state index in [4.69, 9.17) is 4.74 Å². The first kappa shape index (κ1) is 27.1. The highest BCUT2D eigenvalue weighted by Crippen LogP contribution is 2.31. The Morgan fingerprint density at radius 3 is 2.45 bits per heavy atom. The van der Waals surface area contributed by atoms with E-state index in [9.17, 15) is 18.0 Å². The molecule has 0 saturated carbocycles. The van der Waals surface area contributed by atoms with E-state index in [1.165, 1.54) is 12.4 Å². The van der Waals surface area contributed by atoms with Crippen LogP contribution in [0.5, 0.6) is 11.6 Å². The van der Waals surface area contributed by atoms with E-state index in [0.29, 0.717) is 35.0 Å². The molecule has 2 aromatic carbocycles. The van der Waals surface area contributed by atoms with Crippen molar-refractivity contribution in [2.75, 3.05) is 23.3 Å². The molecule has 0 bridgehead atoms. The molecule has 2 aromatic heterocycles. The zero-order chi connectivity index (χ0) is 28.3. The van der Waals surface area contributed by atoms with Crippen LogP contribution in [0.2, 0.25) is 0 Å². The number of urea groups is 1. The molecule has 1 aliphatic rings. The highest BCUT2D eigenvalue weighted by molar-refractivity contribution is 5.89. The van der Waals surface area contributed by atoms with Gasteiger partial charge in [-0.2, -0.15) is 13.2 Å². The summed E-state index contributed by atoms with van der Waals surface area (Å²) >= 11 is 0. The quantitative estimate of drug-likeness (QED) is 0.297. The van der Waals surface area contributed by atoms with Crippen LogP contribution < -0.4 is 25.6 Å². The van der Waals surface area contributed by atoms with Gasteiger partial charge in [-0.25, -0.2) is 14.8 Å². The Hall–Kier alpha value is -4.45. The first-order chi connectivity index (χ1) is 19.1. The molecule has 40 heavy (non-hydrogen) atoms. The molecular formula is C28H28F3N7O2. The number of halogens is 3. The maximum absolute atomic E-state index is 12.6. The van der Waals surface area contributed by atoms with Gasteiger partial charge in [0, 0.05) is 49.3 Å². The van der Waals surface area contributed by atoms with E-state index in [1.807, 2.05) is 12.1 Å². The molecule has 2 atom stereocenters. The van der Waals surface area contributed by atoms with E-state index < -0.39 is 17.9 Å². The predicted octanol–water partition coefficient (Wildman–Crippen LogP) is 5.34. The maximum atomic E-state index is 12.6. The topological polar surface area (TPSA) is 104 Å². The number of alkyl halides is 3. The van der Waals surface area contributed by atoms with Crippen molar-refractivity contribution in [3.05, 3.63) is 78.4 Å². The molecule has 1 saturated heterocycles. The van der Waals surface area contributed by atoms with Crippen molar-refractivity contribution in [1.82, 2.24) is 25.6 Å². The van der Waals surface area contributed by atoms with Crippen LogP contribution in [0.15, 0.2) is 67.1 Å². The molecule has 9 nitrogen and oxygen atoms in total. The molecule has 1 fully saturated rings. The Morgan fingerprint density at radius 2 is 1.77 bits per heavy atom. The fraction of sp³-hybridized carbons (Fsp3) is 0.286. The Kier molecular flexibility index (Phi) is 7.69. The van der Waals surface area contributed by atoms with E-state index in [1.54, 1.807) is 24.3 Å². The number of fused-ring (bicyclic) bond motifs is 1. The Morgan fingerprint density at radius 1 is 1.02 bits per heavy atom. The Bertz CT molecular complexity index is 1470. The van der Waals surface area contributed by atoms with Gasteiger partial charge < -0.3 is 25.6 Å². The van der Waals surface area contributed by atoms with Gasteiger partial charge in [-0.1, -0.05) is 6.07 Å². The van der Waals surface area contributed by atoms with Gasteiger partial charge in [0.1, 0.15) is 17.8 Å². The highest BCUT2D eigenvalue weighted by atomic mass is 19.4. The van der Waals surface area contributed by atoms with Crippen LogP contribution in [-0.4, -0.2) is 46.2 Å². The normalized spacial score (nSPS) is 17.5. The van der Waals surface area contributed by atoms with Gasteiger partial charge >= 0.3 is 12.2 Å². The summed E-state index contributed by atoms with van der Waals surface area (Å²) < 4.78 is 43.9. The van der Waals surface area contributed by atoms with Gasteiger partial charge in [0.05, 0.1) is 10.9 Å². The zero-order valence-corrected chi connectivity index (χ0v) is 21.9. The van der Waals surface area contributed by atoms with E-state index in [0.717, 1.165) is 41.9 Å². The number of pyridine rings is 1. The number of nitrogens with one attached hydrogen (secondary N) is 3. The molecule has 0 radical (unpaired) electrons. The Balaban J connectivity index is 1.19. The molecule has 4 aromatic rings. The van der Waals surface area contributed by atoms with Crippen LogP contribution in [0, 0.1) is 0 Å². The average Bonchev–Trinajstić information content (AvgIpc) is 2.92. The van der Waals surface area contributed by atoms with Crippen LogP contribution in [0.1, 0.15) is 25.1 Å². The van der Waals surface area contributed by atoms with Gasteiger partial charge in [-0.3, -0.25) is 4.98 Å². The number of benzene rings is 2. The minimum atomic E-state index is -4.51. The third-order valence-corrected chi connectivity index (χ3v) is 6.40. The fourth-order valence-corrected chi connectivity index (χ4v) is 4.61. The van der Waals surface area contributed by atoms with Crippen molar-refractivity contribution >= 4 is 28.3 Å². The minimum absolute atomic E-state index is 0.0212. The molecule has 1 aliphatic heterocycles. The number of hydrogen-bond acceptors (Lipinski definition) is 7. The smallest absolute Gasteiger partial charge is 0.433 e. The van der Waals surface area contributed by atoms with Crippen LogP contribution in [0.25, 0.3) is 10.9 Å². The van der Waals surface area contributed by atoms with Crippen molar-refractivity contribution in [1.29, 1.82) is 0 Å². The number of carbonyl (C=O) groups excluding carboxylic acids is 1. The van der Waals surface area contributed by atoms with Gasteiger partial charge in [0.2, 0.25) is 5.88 Å². The first-order valence-electron chi connectivity index (χ1n) is 12.7. The number of ether oxygens (including phenoxy) is 1. The summed E-state index contributed by atoms with van der Waals surface area (Å²) in [5.41, 5.74) is 1.84. The monoisotopic (exact) mass is 551 g/mol. The van der Waals surface area contributed by atoms with E-state index >= 15 is 0 Å². The van der Waals surface area contributed by atoms with Crippen LogP contribution >= 0.6 is 0 Å². The van der Waals surface area contributed by atoms with E-state index in [-0.39, 0.29) is 6.54 Å². The second kappa shape index (κ2) is 11.3. The van der Waals surface area contributed by atoms with Gasteiger partial charge in [-0.15, -0.1) is 0 Å². The summed E-state index contributed by atoms with van der Waals surface area (Å²) in [7, 11) is 0. The Labute approximate surface area is 228 Å². The predicted molar refractivity (Wildman–Crippen MR) is 145 cm³/mol. The lowest BCUT2D eigenvalue weighted by Crippen LogP contribution is -2.54. The SMILES string of the molecule is CC1CN(c2ccc3c(Oc4ccc(NC(=O)NCc5ccc(C(F)(F)F)nc5)cc4)ncnc3c2)CC(C)N1. The lowest BCUT2D eigenvalue weighted by molar-refractivity contribution is -0.141. The number of anilines is 2. The highest BCUT2D eigenvalue weighted by Gasteiger charge is 2.32. The number of rotatable bonds is 6. The third-order valence-electron chi connectivity index (χ3n) is 6.40. The molecular weight excluding hydrogens is 523 g/mol. The van der Waals surface area contributed by atoms with Gasteiger partial charge in [0.15, 0.2) is 0 Å². The summed E-state index contributed by atoms with van der Waals surface area (Å²) in [6.07, 6.45) is -1.96. The molecule has 5 rings (SSSR count). The minimum Gasteiger partial charge on any atom is -0.438 e. The number of aromatic nitrogens is 3. The van der Waals surface area contributed by atoms with Crippen molar-refractivity contribution in [2.45, 2.75) is 38.7 Å². The molecule has 2 unspecified atom stereocenters. The van der Waals surface area contributed by atoms with E-state index in [2.05, 4.69) is 55.7 Å². The molecule has 0 aliphatic carbocycles. The standard InChI is InChI=1S/C28H28F3N7O2/c1-17-14-38(15-18(2)36-17)21-6-9-23-24(11-21)34-16-35-26(23)40-22-7-4-20(5-8-22)37-27(39)33-13-19-3-10-25(32-12-19)28(29,30)31/h3-12,16-18,36H,13-15H2,1-2H3,(H2,33,37,39). The van der Waals surface area contributed by atoms with Gasteiger partial charge in [-0.05, 0) is 67.9 Å². The van der Waals surface area contributed by atoms with Crippen molar-refractivity contribution in [3.8, 4) is 11.6 Å². The lowest BCUT2D eigenvalue weighted by atomic mass is 10.1. The number of amides is 2.